The Kier molecular flexibility index (Phi) is 6.04. The third kappa shape index (κ3) is 4.28. The summed E-state index contributed by atoms with van der Waals surface area (Å²) in [6, 6.07) is 6.02. The minimum absolute atomic E-state index is 0.0548. The van der Waals surface area contributed by atoms with E-state index in [1.807, 2.05) is 13.1 Å². The normalized spacial score (nSPS) is 24.6. The van der Waals surface area contributed by atoms with Crippen LogP contribution in [0.1, 0.15) is 53.5 Å². The number of benzene rings is 1. The molecule has 2 atom stereocenters. The average molecular weight is 556 g/mol. The number of thiazole rings is 1. The molecular formula is C26H27ClFN7O2S. The van der Waals surface area contributed by atoms with Gasteiger partial charge in [-0.3, -0.25) is 9.48 Å². The number of fused-ring (bicyclic) bond motifs is 1. The molecule has 1 amide bonds. The van der Waals surface area contributed by atoms with Gasteiger partial charge in [0.1, 0.15) is 22.8 Å². The molecule has 3 heterocycles. The number of anilines is 2. The first-order chi connectivity index (χ1) is 18.1. The van der Waals surface area contributed by atoms with Crippen molar-refractivity contribution in [1.82, 2.24) is 24.3 Å². The second-order valence-electron chi connectivity index (χ2n) is 10.4. The summed E-state index contributed by atoms with van der Waals surface area (Å²) in [6.07, 6.45) is 6.28. The fourth-order valence-corrected chi connectivity index (χ4v) is 7.13. The van der Waals surface area contributed by atoms with Crippen LogP contribution >= 0.6 is 22.9 Å². The summed E-state index contributed by atoms with van der Waals surface area (Å²) in [5.41, 5.74) is 8.01. The molecule has 0 spiro atoms. The Labute approximate surface area is 227 Å². The number of hydrogen-bond acceptors (Lipinski definition) is 7. The number of nitrogens with one attached hydrogen (secondary N) is 1. The van der Waals surface area contributed by atoms with Crippen LogP contribution in [0.5, 0.6) is 0 Å². The van der Waals surface area contributed by atoms with E-state index in [0.29, 0.717) is 41.2 Å². The van der Waals surface area contributed by atoms with E-state index in [4.69, 9.17) is 17.3 Å². The number of nitrogen functional groups attached to an aromatic ring is 1. The number of imidazole rings is 1. The minimum atomic E-state index is -0.970. The highest BCUT2D eigenvalue weighted by molar-refractivity contribution is 7.18. The van der Waals surface area contributed by atoms with Crippen LogP contribution in [-0.4, -0.2) is 35.3 Å². The summed E-state index contributed by atoms with van der Waals surface area (Å²) in [5.74, 6) is -0.149. The largest absolute Gasteiger partial charge is 0.384 e. The third-order valence-electron chi connectivity index (χ3n) is 7.92. The lowest BCUT2D eigenvalue weighted by Gasteiger charge is -2.25. The van der Waals surface area contributed by atoms with Crippen molar-refractivity contribution in [3.8, 4) is 10.6 Å². The molecule has 6 rings (SSSR count). The Balaban J connectivity index is 1.18. The average Bonchev–Trinajstić information content (AvgIpc) is 3.65. The lowest BCUT2D eigenvalue weighted by molar-refractivity contribution is 0.0263. The van der Waals surface area contributed by atoms with E-state index in [-0.39, 0.29) is 16.8 Å². The second-order valence-corrected chi connectivity index (χ2v) is 11.9. The molecule has 2 aliphatic carbocycles. The molecule has 0 radical (unpaired) electrons. The molecule has 38 heavy (non-hydrogen) atoms. The fraction of sp³-hybridized carbons (Fsp3) is 0.385. The predicted octanol–water partition coefficient (Wildman–Crippen LogP) is 4.70. The van der Waals surface area contributed by atoms with Crippen molar-refractivity contribution in [3.05, 3.63) is 64.7 Å². The first-order valence-electron chi connectivity index (χ1n) is 12.4. The van der Waals surface area contributed by atoms with Crippen molar-refractivity contribution in [2.45, 2.75) is 37.2 Å². The molecule has 0 aliphatic heterocycles. The van der Waals surface area contributed by atoms with Crippen LogP contribution < -0.4 is 11.1 Å². The zero-order valence-corrected chi connectivity index (χ0v) is 22.4. The number of amides is 1. The van der Waals surface area contributed by atoms with Gasteiger partial charge in [0.05, 0.1) is 27.6 Å². The quantitative estimate of drug-likeness (QED) is 0.328. The SMILES string of the molecule is Cn1cnc(C2CC3CC(O)(c4cc(-c5cnc(N)s5)nn4C)CC3C2)c1C(=O)Nc1ccc(F)c(Cl)c1. The number of nitrogens with two attached hydrogens (primary N) is 1. The summed E-state index contributed by atoms with van der Waals surface area (Å²) in [7, 11) is 3.64. The highest BCUT2D eigenvalue weighted by atomic mass is 35.5. The maximum absolute atomic E-state index is 13.5. The molecule has 0 saturated heterocycles. The van der Waals surface area contributed by atoms with Gasteiger partial charge >= 0.3 is 0 Å². The number of hydrogen-bond donors (Lipinski definition) is 3. The smallest absolute Gasteiger partial charge is 0.274 e. The lowest BCUT2D eigenvalue weighted by atomic mass is 9.90. The molecular weight excluding hydrogens is 529 g/mol. The molecule has 12 heteroatoms. The van der Waals surface area contributed by atoms with E-state index in [1.54, 1.807) is 28.8 Å². The van der Waals surface area contributed by atoms with Gasteiger partial charge in [-0.2, -0.15) is 5.10 Å². The van der Waals surface area contributed by atoms with E-state index < -0.39 is 11.4 Å². The van der Waals surface area contributed by atoms with Crippen molar-refractivity contribution in [1.29, 1.82) is 0 Å². The fourth-order valence-electron chi connectivity index (χ4n) is 6.31. The van der Waals surface area contributed by atoms with Gasteiger partial charge in [-0.25, -0.2) is 14.4 Å². The van der Waals surface area contributed by atoms with Gasteiger partial charge in [0.25, 0.3) is 5.91 Å². The first kappa shape index (κ1) is 25.0. The monoisotopic (exact) mass is 555 g/mol. The molecule has 4 N–H and O–H groups in total. The van der Waals surface area contributed by atoms with Crippen LogP contribution in [-0.2, 0) is 19.7 Å². The summed E-state index contributed by atoms with van der Waals surface area (Å²) in [4.78, 5) is 22.8. The van der Waals surface area contributed by atoms with Crippen molar-refractivity contribution < 1.29 is 14.3 Å². The molecule has 2 saturated carbocycles. The van der Waals surface area contributed by atoms with Gasteiger partial charge in [-0.15, -0.1) is 0 Å². The Morgan fingerprint density at radius 3 is 2.63 bits per heavy atom. The van der Waals surface area contributed by atoms with E-state index in [2.05, 4.69) is 20.4 Å². The van der Waals surface area contributed by atoms with Crippen LogP contribution in [0.4, 0.5) is 15.2 Å². The molecule has 3 aromatic heterocycles. The van der Waals surface area contributed by atoms with Crippen molar-refractivity contribution in [2.75, 3.05) is 11.1 Å². The molecule has 9 nitrogen and oxygen atoms in total. The van der Waals surface area contributed by atoms with Gasteiger partial charge in [0.15, 0.2) is 5.13 Å². The molecule has 1 aromatic carbocycles. The Hall–Kier alpha value is -3.28. The number of carbonyl (C=O) groups excluding carboxylic acids is 1. The first-order valence-corrected chi connectivity index (χ1v) is 13.6. The lowest BCUT2D eigenvalue weighted by Crippen LogP contribution is -2.26. The summed E-state index contributed by atoms with van der Waals surface area (Å²) in [6.45, 7) is 0. The summed E-state index contributed by atoms with van der Waals surface area (Å²) >= 11 is 7.25. The molecule has 2 aliphatic rings. The number of aromatic nitrogens is 5. The standard InChI is InChI=1S/C26H27ClFN7O2S/c1-34-12-31-22(23(34)24(36)32-16-3-4-18(28)17(27)7-16)13-5-14-9-26(37,10-15(14)6-13)21-8-19(33-35(21)2)20-11-30-25(29)38-20/h3-4,7-8,11-15,37H,5-6,9-10H2,1-2H3,(H2,29,30)(H,32,36). The number of carbonyl (C=O) groups is 1. The van der Waals surface area contributed by atoms with Crippen molar-refractivity contribution >= 4 is 39.7 Å². The molecule has 2 fully saturated rings. The maximum atomic E-state index is 13.5. The van der Waals surface area contributed by atoms with Crippen molar-refractivity contribution in [2.24, 2.45) is 25.9 Å². The number of aryl methyl sites for hydroxylation is 2. The van der Waals surface area contributed by atoms with Crippen LogP contribution in [0.3, 0.4) is 0 Å². The van der Waals surface area contributed by atoms with Gasteiger partial charge in [0.2, 0.25) is 0 Å². The van der Waals surface area contributed by atoms with Gasteiger partial charge in [0, 0.05) is 31.9 Å². The minimum Gasteiger partial charge on any atom is -0.384 e. The van der Waals surface area contributed by atoms with Crippen LogP contribution in [0, 0.1) is 17.7 Å². The topological polar surface area (TPSA) is 124 Å². The summed E-state index contributed by atoms with van der Waals surface area (Å²) in [5, 5.41) is 19.6. The van der Waals surface area contributed by atoms with Gasteiger partial charge in [-0.05, 0) is 61.8 Å². The molecule has 0 bridgehead atoms. The zero-order valence-electron chi connectivity index (χ0n) is 20.9. The van der Waals surface area contributed by atoms with E-state index >= 15 is 0 Å². The van der Waals surface area contributed by atoms with Gasteiger partial charge < -0.3 is 20.7 Å². The van der Waals surface area contributed by atoms with Crippen molar-refractivity contribution in [3.63, 3.8) is 0 Å². The molecule has 2 unspecified atom stereocenters. The second kappa shape index (κ2) is 9.18. The molecule has 4 aromatic rings. The molecule has 198 valence electrons. The Morgan fingerprint density at radius 1 is 1.24 bits per heavy atom. The maximum Gasteiger partial charge on any atom is 0.274 e. The van der Waals surface area contributed by atoms with E-state index in [0.717, 1.165) is 34.8 Å². The van der Waals surface area contributed by atoms with Crippen LogP contribution in [0.2, 0.25) is 5.02 Å². The highest BCUT2D eigenvalue weighted by Gasteiger charge is 2.51. The highest BCUT2D eigenvalue weighted by Crippen LogP contribution is 2.57. The van der Waals surface area contributed by atoms with Crippen LogP contribution in [0.15, 0.2) is 36.8 Å². The number of aliphatic hydroxyl groups is 1. The number of halogens is 2. The summed E-state index contributed by atoms with van der Waals surface area (Å²) < 4.78 is 17.0. The Bertz CT molecular complexity index is 1530. The number of rotatable bonds is 5. The predicted molar refractivity (Wildman–Crippen MR) is 143 cm³/mol. The van der Waals surface area contributed by atoms with Crippen LogP contribution in [0.25, 0.3) is 10.6 Å². The van der Waals surface area contributed by atoms with E-state index in [1.165, 1.54) is 29.5 Å². The zero-order chi connectivity index (χ0) is 26.8. The Morgan fingerprint density at radius 2 is 1.97 bits per heavy atom. The van der Waals surface area contributed by atoms with E-state index in [9.17, 15) is 14.3 Å². The number of nitrogens with zero attached hydrogens (tertiary/aromatic N) is 5. The third-order valence-corrected chi connectivity index (χ3v) is 9.06. The van der Waals surface area contributed by atoms with Gasteiger partial charge in [-0.1, -0.05) is 22.9 Å².